The maximum absolute atomic E-state index is 13.0. The van der Waals surface area contributed by atoms with Gasteiger partial charge < -0.3 is 10.3 Å². The molecule has 2 aromatic heterocycles. The minimum Gasteiger partial charge on any atom is -0.360 e. The van der Waals surface area contributed by atoms with Crippen molar-refractivity contribution in [2.24, 2.45) is 0 Å². The average Bonchev–Trinajstić information content (AvgIpc) is 2.83. The summed E-state index contributed by atoms with van der Waals surface area (Å²) >= 11 is 0. The molecule has 0 radical (unpaired) electrons. The summed E-state index contributed by atoms with van der Waals surface area (Å²) in [5.41, 5.74) is 1.90. The third kappa shape index (κ3) is 4.93. The molecule has 4 rings (SSSR count). The number of hydrogen-bond donors (Lipinski definition) is 3. The van der Waals surface area contributed by atoms with Crippen molar-refractivity contribution in [2.75, 3.05) is 4.72 Å². The van der Waals surface area contributed by atoms with Crippen molar-refractivity contribution >= 4 is 32.5 Å². The van der Waals surface area contributed by atoms with E-state index in [2.05, 4.69) is 20.0 Å². The molecule has 2 aromatic carbocycles. The lowest BCUT2D eigenvalue weighted by molar-refractivity contribution is 0.0949. The first kappa shape index (κ1) is 22.2. The summed E-state index contributed by atoms with van der Waals surface area (Å²) in [5, 5.41) is 2.76. The number of aromatic nitrogens is 2. The van der Waals surface area contributed by atoms with Gasteiger partial charge in [0.2, 0.25) is 5.43 Å². The molecule has 0 saturated carbocycles. The molecule has 3 N–H and O–H groups in total. The van der Waals surface area contributed by atoms with Crippen molar-refractivity contribution in [3.63, 3.8) is 0 Å². The lowest BCUT2D eigenvalue weighted by atomic mass is 10.1. The Kier molecular flexibility index (Phi) is 6.23. The minimum atomic E-state index is -3.93. The summed E-state index contributed by atoms with van der Waals surface area (Å²) in [6.45, 7) is 2.17. The molecule has 0 unspecified atom stereocenters. The van der Waals surface area contributed by atoms with E-state index in [1.807, 2.05) is 19.1 Å². The molecular formula is C24H22N4O4S. The van der Waals surface area contributed by atoms with Gasteiger partial charge in [-0.2, -0.15) is 0 Å². The quantitative estimate of drug-likeness (QED) is 0.389. The van der Waals surface area contributed by atoms with Crippen LogP contribution in [0.15, 0.2) is 82.7 Å². The third-order valence-electron chi connectivity index (χ3n) is 5.18. The van der Waals surface area contributed by atoms with Crippen LogP contribution in [0, 0.1) is 0 Å². The molecule has 0 spiro atoms. The number of hydrogen-bond acceptors (Lipinski definition) is 5. The molecule has 0 fully saturated rings. The molecule has 0 atom stereocenters. The number of anilines is 1. The number of aromatic amines is 1. The van der Waals surface area contributed by atoms with Crippen molar-refractivity contribution in [3.05, 3.63) is 100 Å². The van der Waals surface area contributed by atoms with E-state index >= 15 is 0 Å². The highest BCUT2D eigenvalue weighted by atomic mass is 32.2. The first-order valence-corrected chi connectivity index (χ1v) is 11.8. The number of fused-ring (bicyclic) bond motifs is 1. The van der Waals surface area contributed by atoms with Gasteiger partial charge >= 0.3 is 0 Å². The summed E-state index contributed by atoms with van der Waals surface area (Å²) in [4.78, 5) is 32.5. The van der Waals surface area contributed by atoms with Gasteiger partial charge in [-0.05, 0) is 54.4 Å². The Bertz CT molecular complexity index is 1460. The molecular weight excluding hydrogens is 440 g/mol. The number of carbonyl (C=O) groups is 1. The Morgan fingerprint density at radius 3 is 2.55 bits per heavy atom. The summed E-state index contributed by atoms with van der Waals surface area (Å²) in [6.07, 6.45) is 3.77. The van der Waals surface area contributed by atoms with Crippen LogP contribution >= 0.6 is 0 Å². The van der Waals surface area contributed by atoms with Crippen molar-refractivity contribution in [1.29, 1.82) is 0 Å². The van der Waals surface area contributed by atoms with E-state index in [0.717, 1.165) is 12.0 Å². The van der Waals surface area contributed by atoms with Crippen LogP contribution in [0.25, 0.3) is 10.9 Å². The highest BCUT2D eigenvalue weighted by Crippen LogP contribution is 2.20. The number of sulfonamides is 1. The number of H-pyrrole nitrogens is 1. The van der Waals surface area contributed by atoms with E-state index < -0.39 is 21.4 Å². The second-order valence-electron chi connectivity index (χ2n) is 7.40. The number of nitrogens with one attached hydrogen (secondary N) is 3. The van der Waals surface area contributed by atoms with Crippen molar-refractivity contribution in [2.45, 2.75) is 24.8 Å². The third-order valence-corrected chi connectivity index (χ3v) is 6.56. The number of benzene rings is 2. The first-order valence-electron chi connectivity index (χ1n) is 10.3. The van der Waals surface area contributed by atoms with Crippen molar-refractivity contribution < 1.29 is 13.2 Å². The van der Waals surface area contributed by atoms with Crippen LogP contribution in [0.4, 0.5) is 5.69 Å². The SMILES string of the molecule is CCc1ccc(NS(=O)(=O)c2ccc3[nH]cc(C(=O)NCc4ccccn4)c(=O)c3c2)cc1. The molecule has 0 aliphatic carbocycles. The van der Waals surface area contributed by atoms with E-state index in [9.17, 15) is 18.0 Å². The standard InChI is InChI=1S/C24H22N4O4S/c1-2-16-6-8-17(9-7-16)28-33(31,32)19-10-11-22-20(13-19)23(29)21(15-26-22)24(30)27-14-18-5-3-4-12-25-18/h3-13,15,28H,2,14H2,1H3,(H,26,29)(H,27,30). The summed E-state index contributed by atoms with van der Waals surface area (Å²) in [6, 6.07) is 16.6. The predicted molar refractivity (Wildman–Crippen MR) is 127 cm³/mol. The van der Waals surface area contributed by atoms with Crippen LogP contribution in [0.2, 0.25) is 0 Å². The molecule has 9 heteroatoms. The van der Waals surface area contributed by atoms with E-state index in [-0.39, 0.29) is 22.4 Å². The van der Waals surface area contributed by atoms with Gasteiger partial charge in [0.25, 0.3) is 15.9 Å². The fourth-order valence-electron chi connectivity index (χ4n) is 3.32. The van der Waals surface area contributed by atoms with Crippen LogP contribution < -0.4 is 15.5 Å². The molecule has 2 heterocycles. The molecule has 33 heavy (non-hydrogen) atoms. The Balaban J connectivity index is 1.61. The topological polar surface area (TPSA) is 121 Å². The highest BCUT2D eigenvalue weighted by Gasteiger charge is 2.18. The van der Waals surface area contributed by atoms with Gasteiger partial charge in [0.15, 0.2) is 0 Å². The van der Waals surface area contributed by atoms with Crippen LogP contribution in [0.1, 0.15) is 28.5 Å². The van der Waals surface area contributed by atoms with Gasteiger partial charge in [-0.3, -0.25) is 19.3 Å². The minimum absolute atomic E-state index is 0.0777. The van der Waals surface area contributed by atoms with Crippen LogP contribution in [-0.4, -0.2) is 24.3 Å². The zero-order chi connectivity index (χ0) is 23.4. The Morgan fingerprint density at radius 1 is 1.06 bits per heavy atom. The Hall–Kier alpha value is -3.98. The molecule has 0 aliphatic rings. The summed E-state index contributed by atoms with van der Waals surface area (Å²) in [7, 11) is -3.93. The molecule has 4 aromatic rings. The Labute approximate surface area is 190 Å². The number of aryl methyl sites for hydroxylation is 1. The molecule has 1 amide bonds. The van der Waals surface area contributed by atoms with Gasteiger partial charge in [0, 0.05) is 29.0 Å². The normalized spacial score (nSPS) is 11.3. The van der Waals surface area contributed by atoms with Crippen LogP contribution in [-0.2, 0) is 23.0 Å². The zero-order valence-electron chi connectivity index (χ0n) is 17.8. The fraction of sp³-hybridized carbons (Fsp3) is 0.125. The van der Waals surface area contributed by atoms with Crippen molar-refractivity contribution in [1.82, 2.24) is 15.3 Å². The van der Waals surface area contributed by atoms with Gasteiger partial charge in [0.05, 0.1) is 17.1 Å². The molecule has 8 nitrogen and oxygen atoms in total. The van der Waals surface area contributed by atoms with Crippen LogP contribution in [0.5, 0.6) is 0 Å². The lowest BCUT2D eigenvalue weighted by Gasteiger charge is -2.10. The number of carbonyl (C=O) groups excluding carboxylic acids is 1. The van der Waals surface area contributed by atoms with E-state index in [1.165, 1.54) is 24.4 Å². The van der Waals surface area contributed by atoms with E-state index in [1.54, 1.807) is 36.5 Å². The number of rotatable bonds is 7. The lowest BCUT2D eigenvalue weighted by Crippen LogP contribution is -2.28. The summed E-state index contributed by atoms with van der Waals surface area (Å²) < 4.78 is 28.3. The van der Waals surface area contributed by atoms with Gasteiger partial charge in [-0.15, -0.1) is 0 Å². The van der Waals surface area contributed by atoms with Crippen LogP contribution in [0.3, 0.4) is 0 Å². The first-order chi connectivity index (χ1) is 15.9. The number of amides is 1. The fourth-order valence-corrected chi connectivity index (χ4v) is 4.41. The predicted octanol–water partition coefficient (Wildman–Crippen LogP) is 3.22. The zero-order valence-corrected chi connectivity index (χ0v) is 18.6. The number of pyridine rings is 2. The van der Waals surface area contributed by atoms with Gasteiger partial charge in [-0.1, -0.05) is 25.1 Å². The second-order valence-corrected chi connectivity index (χ2v) is 9.08. The maximum Gasteiger partial charge on any atom is 0.261 e. The smallest absolute Gasteiger partial charge is 0.261 e. The maximum atomic E-state index is 13.0. The highest BCUT2D eigenvalue weighted by molar-refractivity contribution is 7.92. The number of nitrogens with zero attached hydrogens (tertiary/aromatic N) is 1. The molecule has 168 valence electrons. The summed E-state index contributed by atoms with van der Waals surface area (Å²) in [5.74, 6) is -0.578. The van der Waals surface area contributed by atoms with E-state index in [4.69, 9.17) is 0 Å². The molecule has 0 bridgehead atoms. The van der Waals surface area contributed by atoms with E-state index in [0.29, 0.717) is 16.9 Å². The molecule has 0 saturated heterocycles. The van der Waals surface area contributed by atoms with Gasteiger partial charge in [0.1, 0.15) is 5.56 Å². The van der Waals surface area contributed by atoms with Gasteiger partial charge in [-0.25, -0.2) is 8.42 Å². The monoisotopic (exact) mass is 462 g/mol. The van der Waals surface area contributed by atoms with Crippen molar-refractivity contribution in [3.8, 4) is 0 Å². The average molecular weight is 463 g/mol. The largest absolute Gasteiger partial charge is 0.360 e. The molecule has 0 aliphatic heterocycles. The Morgan fingerprint density at radius 2 is 1.85 bits per heavy atom. The second kappa shape index (κ2) is 9.25.